The van der Waals surface area contributed by atoms with Crippen molar-refractivity contribution in [2.75, 3.05) is 0 Å². The lowest BCUT2D eigenvalue weighted by molar-refractivity contribution is 0.292. The maximum atomic E-state index is 6.37. The van der Waals surface area contributed by atoms with Gasteiger partial charge in [-0.1, -0.05) is 19.3 Å². The number of hydrogen-bond acceptors (Lipinski definition) is 2. The second-order valence-corrected chi connectivity index (χ2v) is 4.27. The van der Waals surface area contributed by atoms with Crippen molar-refractivity contribution in [3.63, 3.8) is 0 Å². The molecular formula is C11H19N3. The maximum Gasteiger partial charge on any atom is 0.0823 e. The van der Waals surface area contributed by atoms with Gasteiger partial charge in [0.25, 0.3) is 0 Å². The van der Waals surface area contributed by atoms with Crippen molar-refractivity contribution in [3.8, 4) is 0 Å². The topological polar surface area (TPSA) is 43.8 Å². The Morgan fingerprint density at radius 1 is 1.43 bits per heavy atom. The molecule has 0 atom stereocenters. The Labute approximate surface area is 85.3 Å². The van der Waals surface area contributed by atoms with Crippen molar-refractivity contribution in [2.24, 2.45) is 5.73 Å². The first-order chi connectivity index (χ1) is 6.74. The third-order valence-corrected chi connectivity index (χ3v) is 3.22. The highest BCUT2D eigenvalue weighted by atomic mass is 15.3. The van der Waals surface area contributed by atoms with E-state index in [0.29, 0.717) is 0 Å². The van der Waals surface area contributed by atoms with E-state index in [2.05, 4.69) is 18.1 Å². The molecule has 1 aliphatic carbocycles. The van der Waals surface area contributed by atoms with Gasteiger partial charge in [0.05, 0.1) is 11.2 Å². The highest BCUT2D eigenvalue weighted by Gasteiger charge is 2.31. The Bertz CT molecular complexity index is 297. The fraction of sp³-hybridized carbons (Fsp3) is 0.727. The van der Waals surface area contributed by atoms with Crippen molar-refractivity contribution in [1.82, 2.24) is 9.78 Å². The van der Waals surface area contributed by atoms with E-state index in [0.717, 1.165) is 25.1 Å². The predicted octanol–water partition coefficient (Wildman–Crippen LogP) is 2.02. The molecule has 0 bridgehead atoms. The molecular weight excluding hydrogens is 174 g/mol. The van der Waals surface area contributed by atoms with Gasteiger partial charge in [-0.3, -0.25) is 4.68 Å². The van der Waals surface area contributed by atoms with Crippen LogP contribution in [-0.4, -0.2) is 9.78 Å². The van der Waals surface area contributed by atoms with E-state index < -0.39 is 0 Å². The molecule has 0 aliphatic heterocycles. The molecule has 1 aromatic heterocycles. The van der Waals surface area contributed by atoms with Crippen LogP contribution >= 0.6 is 0 Å². The smallest absolute Gasteiger partial charge is 0.0823 e. The third kappa shape index (κ3) is 1.69. The highest BCUT2D eigenvalue weighted by Crippen LogP contribution is 2.33. The van der Waals surface area contributed by atoms with Crippen LogP contribution in [0.3, 0.4) is 0 Å². The van der Waals surface area contributed by atoms with Gasteiger partial charge in [-0.05, 0) is 25.8 Å². The normalized spacial score (nSPS) is 21.0. The van der Waals surface area contributed by atoms with Gasteiger partial charge in [-0.15, -0.1) is 0 Å². The molecule has 1 saturated carbocycles. The van der Waals surface area contributed by atoms with E-state index in [1.54, 1.807) is 0 Å². The molecule has 1 fully saturated rings. The molecule has 2 rings (SSSR count). The van der Waals surface area contributed by atoms with E-state index in [-0.39, 0.29) is 5.54 Å². The minimum atomic E-state index is -0.140. The first kappa shape index (κ1) is 9.71. The second kappa shape index (κ2) is 3.73. The molecule has 0 spiro atoms. The quantitative estimate of drug-likeness (QED) is 0.781. The van der Waals surface area contributed by atoms with E-state index in [1.807, 2.05) is 10.9 Å². The van der Waals surface area contributed by atoms with E-state index >= 15 is 0 Å². The Kier molecular flexibility index (Phi) is 2.59. The van der Waals surface area contributed by atoms with Crippen LogP contribution in [-0.2, 0) is 12.1 Å². The summed E-state index contributed by atoms with van der Waals surface area (Å²) in [5, 5.41) is 4.52. The van der Waals surface area contributed by atoms with Crippen molar-refractivity contribution in [2.45, 2.75) is 51.1 Å². The highest BCUT2D eigenvalue weighted by molar-refractivity contribution is 5.13. The largest absolute Gasteiger partial charge is 0.320 e. The molecule has 0 amide bonds. The fourth-order valence-corrected chi connectivity index (χ4v) is 2.24. The first-order valence-corrected chi connectivity index (χ1v) is 5.57. The zero-order valence-electron chi connectivity index (χ0n) is 8.87. The van der Waals surface area contributed by atoms with Crippen LogP contribution < -0.4 is 5.73 Å². The SMILES string of the molecule is CCn1ccc(C2(N)CCCCC2)n1. The van der Waals surface area contributed by atoms with Gasteiger partial charge in [0.15, 0.2) is 0 Å². The molecule has 1 heterocycles. The molecule has 0 unspecified atom stereocenters. The van der Waals surface area contributed by atoms with Crippen molar-refractivity contribution in [1.29, 1.82) is 0 Å². The number of nitrogens with two attached hydrogens (primary N) is 1. The van der Waals surface area contributed by atoms with E-state index in [4.69, 9.17) is 5.73 Å². The molecule has 1 aromatic rings. The third-order valence-electron chi connectivity index (χ3n) is 3.22. The van der Waals surface area contributed by atoms with Gasteiger partial charge in [0, 0.05) is 12.7 Å². The predicted molar refractivity (Wildman–Crippen MR) is 56.9 cm³/mol. The van der Waals surface area contributed by atoms with Crippen molar-refractivity contribution < 1.29 is 0 Å². The molecule has 3 heteroatoms. The maximum absolute atomic E-state index is 6.37. The zero-order valence-corrected chi connectivity index (χ0v) is 8.87. The summed E-state index contributed by atoms with van der Waals surface area (Å²) in [6.07, 6.45) is 8.03. The van der Waals surface area contributed by atoms with Crippen LogP contribution in [0.25, 0.3) is 0 Å². The Morgan fingerprint density at radius 2 is 2.14 bits per heavy atom. The summed E-state index contributed by atoms with van der Waals surface area (Å²) in [4.78, 5) is 0. The van der Waals surface area contributed by atoms with Gasteiger partial charge < -0.3 is 5.73 Å². The second-order valence-electron chi connectivity index (χ2n) is 4.27. The average Bonchev–Trinajstić information content (AvgIpc) is 2.67. The molecule has 3 nitrogen and oxygen atoms in total. The molecule has 0 aromatic carbocycles. The molecule has 0 saturated heterocycles. The van der Waals surface area contributed by atoms with Gasteiger partial charge >= 0.3 is 0 Å². The Morgan fingerprint density at radius 3 is 2.71 bits per heavy atom. The lowest BCUT2D eigenvalue weighted by atomic mass is 9.80. The number of aryl methyl sites for hydroxylation is 1. The number of hydrogen-bond donors (Lipinski definition) is 1. The Balaban J connectivity index is 2.19. The van der Waals surface area contributed by atoms with Crippen molar-refractivity contribution in [3.05, 3.63) is 18.0 Å². The molecule has 14 heavy (non-hydrogen) atoms. The van der Waals surface area contributed by atoms with Gasteiger partial charge in [0.2, 0.25) is 0 Å². The van der Waals surface area contributed by atoms with Crippen LogP contribution in [0, 0.1) is 0 Å². The first-order valence-electron chi connectivity index (χ1n) is 5.57. The summed E-state index contributed by atoms with van der Waals surface area (Å²) in [6, 6.07) is 2.08. The molecule has 2 N–H and O–H groups in total. The fourth-order valence-electron chi connectivity index (χ4n) is 2.24. The zero-order chi connectivity index (χ0) is 10.0. The van der Waals surface area contributed by atoms with Gasteiger partial charge in [0.1, 0.15) is 0 Å². The standard InChI is InChI=1S/C11H19N3/c1-2-14-9-6-10(13-14)11(12)7-4-3-5-8-11/h6,9H,2-5,7-8,12H2,1H3. The number of rotatable bonds is 2. The monoisotopic (exact) mass is 193 g/mol. The summed E-state index contributed by atoms with van der Waals surface area (Å²) in [5.74, 6) is 0. The summed E-state index contributed by atoms with van der Waals surface area (Å²) in [7, 11) is 0. The lowest BCUT2D eigenvalue weighted by Crippen LogP contribution is -2.39. The van der Waals surface area contributed by atoms with E-state index in [9.17, 15) is 0 Å². The van der Waals surface area contributed by atoms with Crippen LogP contribution in [0.4, 0.5) is 0 Å². The van der Waals surface area contributed by atoms with Crippen molar-refractivity contribution >= 4 is 0 Å². The van der Waals surface area contributed by atoms with Gasteiger partial charge in [-0.2, -0.15) is 5.10 Å². The molecule has 0 radical (unpaired) electrons. The summed E-state index contributed by atoms with van der Waals surface area (Å²) < 4.78 is 1.96. The lowest BCUT2D eigenvalue weighted by Gasteiger charge is -2.31. The molecule has 78 valence electrons. The number of nitrogens with zero attached hydrogens (tertiary/aromatic N) is 2. The summed E-state index contributed by atoms with van der Waals surface area (Å²) >= 11 is 0. The minimum Gasteiger partial charge on any atom is -0.320 e. The molecule has 1 aliphatic rings. The van der Waals surface area contributed by atoms with E-state index in [1.165, 1.54) is 19.3 Å². The Hall–Kier alpha value is -0.830. The van der Waals surface area contributed by atoms with Crippen LogP contribution in [0.1, 0.15) is 44.7 Å². The van der Waals surface area contributed by atoms with Crippen LogP contribution in [0.15, 0.2) is 12.3 Å². The summed E-state index contributed by atoms with van der Waals surface area (Å²) in [5.41, 5.74) is 7.31. The minimum absolute atomic E-state index is 0.140. The number of aromatic nitrogens is 2. The van der Waals surface area contributed by atoms with Crippen LogP contribution in [0.5, 0.6) is 0 Å². The average molecular weight is 193 g/mol. The van der Waals surface area contributed by atoms with Gasteiger partial charge in [-0.25, -0.2) is 0 Å². The van der Waals surface area contributed by atoms with Crippen LogP contribution in [0.2, 0.25) is 0 Å². The summed E-state index contributed by atoms with van der Waals surface area (Å²) in [6.45, 7) is 3.02.